The van der Waals surface area contributed by atoms with Crippen LogP contribution in [-0.4, -0.2) is 13.2 Å². The van der Waals surface area contributed by atoms with Crippen molar-refractivity contribution in [3.63, 3.8) is 0 Å². The van der Waals surface area contributed by atoms with E-state index in [4.69, 9.17) is 9.47 Å². The van der Waals surface area contributed by atoms with Gasteiger partial charge in [0.25, 0.3) is 0 Å². The number of azo groups is 1. The average molecular weight is 477 g/mol. The Kier molecular flexibility index (Phi) is 10.3. The zero-order valence-electron chi connectivity index (χ0n) is 20.2. The number of unbranched alkanes of at least 4 members (excludes halogenated alkanes) is 3. The summed E-state index contributed by atoms with van der Waals surface area (Å²) in [7, 11) is 0. The van der Waals surface area contributed by atoms with Gasteiger partial charge in [0.15, 0.2) is 11.6 Å². The van der Waals surface area contributed by atoms with Crippen LogP contribution in [0.25, 0.3) is 0 Å². The molecule has 0 aliphatic carbocycles. The van der Waals surface area contributed by atoms with Crippen LogP contribution < -0.4 is 9.47 Å². The maximum absolute atomic E-state index is 14.4. The largest absolute Gasteiger partial charge is 0.494 e. The highest BCUT2D eigenvalue weighted by Crippen LogP contribution is 2.24. The van der Waals surface area contributed by atoms with Crippen LogP contribution in [0, 0.1) is 23.5 Å². The van der Waals surface area contributed by atoms with Gasteiger partial charge in [-0.25, -0.2) is 4.39 Å². The van der Waals surface area contributed by atoms with Gasteiger partial charge in [-0.2, -0.15) is 14.6 Å². The molecule has 182 valence electrons. The minimum Gasteiger partial charge on any atom is -0.494 e. The fourth-order valence-electron chi connectivity index (χ4n) is 3.08. The summed E-state index contributed by atoms with van der Waals surface area (Å²) in [4.78, 5) is 0. The molecule has 0 atom stereocenters. The van der Waals surface area contributed by atoms with Crippen molar-refractivity contribution in [2.75, 3.05) is 13.2 Å². The smallest absolute Gasteiger partial charge is 0.201 e. The molecule has 35 heavy (non-hydrogen) atoms. The first-order chi connectivity index (χ1) is 17.1. The van der Waals surface area contributed by atoms with Gasteiger partial charge >= 0.3 is 0 Å². The van der Waals surface area contributed by atoms with Crippen LogP contribution in [-0.2, 0) is 0 Å². The van der Waals surface area contributed by atoms with Crippen molar-refractivity contribution in [1.82, 2.24) is 0 Å². The van der Waals surface area contributed by atoms with E-state index in [0.29, 0.717) is 30.2 Å². The van der Waals surface area contributed by atoms with Gasteiger partial charge in [-0.1, -0.05) is 45.0 Å². The molecule has 0 fully saturated rings. The number of ether oxygens (including phenoxy) is 2. The molecule has 3 aromatic rings. The molecule has 0 bridgehead atoms. The Labute approximate surface area is 206 Å². The van der Waals surface area contributed by atoms with Crippen molar-refractivity contribution in [3.8, 4) is 23.3 Å². The lowest BCUT2D eigenvalue weighted by molar-refractivity contribution is 0.286. The van der Waals surface area contributed by atoms with Crippen LogP contribution in [0.1, 0.15) is 57.1 Å². The Balaban J connectivity index is 1.59. The Bertz CT molecular complexity index is 1160. The van der Waals surface area contributed by atoms with Crippen LogP contribution in [0.15, 0.2) is 70.9 Å². The van der Waals surface area contributed by atoms with Gasteiger partial charge in [0.05, 0.1) is 30.2 Å². The standard InChI is InChI=1S/C29H30F2N2O2/c1-3-5-7-21-35-27-19-12-23(28(30)29(27)31)11-8-22-9-13-24(14-10-22)32-33-25-15-17-26(18-16-25)34-20-6-4-2/h9-10,12-19H,3-7,20-21H2,1-2H3. The third-order valence-corrected chi connectivity index (χ3v) is 5.15. The third kappa shape index (κ3) is 8.22. The van der Waals surface area contributed by atoms with Gasteiger partial charge in [0, 0.05) is 5.56 Å². The molecular formula is C29H30F2N2O2. The second-order valence-electron chi connectivity index (χ2n) is 7.99. The first kappa shape index (κ1) is 25.9. The Morgan fingerprint density at radius 1 is 0.657 bits per heavy atom. The zero-order valence-corrected chi connectivity index (χ0v) is 20.2. The van der Waals surface area contributed by atoms with E-state index in [1.165, 1.54) is 12.1 Å². The normalized spacial score (nSPS) is 10.7. The quantitative estimate of drug-likeness (QED) is 0.158. The Hall–Kier alpha value is -3.72. The molecule has 0 unspecified atom stereocenters. The lowest BCUT2D eigenvalue weighted by Crippen LogP contribution is -2.01. The van der Waals surface area contributed by atoms with Crippen LogP contribution in [0.5, 0.6) is 11.5 Å². The molecule has 0 radical (unpaired) electrons. The number of halogens is 2. The predicted octanol–water partition coefficient (Wildman–Crippen LogP) is 8.53. The van der Waals surface area contributed by atoms with Crippen LogP contribution in [0.3, 0.4) is 0 Å². The molecule has 4 nitrogen and oxygen atoms in total. The maximum atomic E-state index is 14.4. The van der Waals surface area contributed by atoms with Crippen molar-refractivity contribution in [2.24, 2.45) is 10.2 Å². The van der Waals surface area contributed by atoms with E-state index in [1.54, 1.807) is 24.3 Å². The number of nitrogens with zero attached hydrogens (tertiary/aromatic N) is 2. The van der Waals surface area contributed by atoms with E-state index in [1.807, 2.05) is 24.3 Å². The van der Waals surface area contributed by atoms with Crippen molar-refractivity contribution in [2.45, 2.75) is 46.0 Å². The summed E-state index contributed by atoms with van der Waals surface area (Å²) in [5, 5.41) is 8.45. The lowest BCUT2D eigenvalue weighted by atomic mass is 10.1. The van der Waals surface area contributed by atoms with Crippen molar-refractivity contribution < 1.29 is 18.3 Å². The van der Waals surface area contributed by atoms with Crippen LogP contribution in [0.2, 0.25) is 0 Å². The number of hydrogen-bond donors (Lipinski definition) is 0. The summed E-state index contributed by atoms with van der Waals surface area (Å²) in [5.74, 6) is 4.25. The fourth-order valence-corrected chi connectivity index (χ4v) is 3.08. The van der Waals surface area contributed by atoms with Gasteiger partial charge in [0.1, 0.15) is 5.75 Å². The van der Waals surface area contributed by atoms with Crippen LogP contribution in [0.4, 0.5) is 20.2 Å². The maximum Gasteiger partial charge on any atom is 0.201 e. The molecule has 0 aromatic heterocycles. The lowest BCUT2D eigenvalue weighted by Gasteiger charge is -2.08. The summed E-state index contributed by atoms with van der Waals surface area (Å²) in [6.45, 7) is 5.25. The topological polar surface area (TPSA) is 43.2 Å². The van der Waals surface area contributed by atoms with Gasteiger partial charge in [-0.3, -0.25) is 0 Å². The van der Waals surface area contributed by atoms with Gasteiger partial charge in [-0.15, -0.1) is 0 Å². The van der Waals surface area contributed by atoms with Crippen LogP contribution >= 0.6 is 0 Å². The monoisotopic (exact) mass is 476 g/mol. The average Bonchev–Trinajstić information content (AvgIpc) is 2.89. The molecular weight excluding hydrogens is 446 g/mol. The molecule has 3 aromatic carbocycles. The molecule has 0 aliphatic rings. The minimum atomic E-state index is -1.01. The van der Waals surface area contributed by atoms with E-state index < -0.39 is 11.6 Å². The number of hydrogen-bond acceptors (Lipinski definition) is 4. The highest BCUT2D eigenvalue weighted by molar-refractivity contribution is 5.49. The third-order valence-electron chi connectivity index (χ3n) is 5.15. The molecule has 0 aliphatic heterocycles. The summed E-state index contributed by atoms with van der Waals surface area (Å²) in [6, 6.07) is 17.3. The molecule has 3 rings (SSSR count). The summed E-state index contributed by atoms with van der Waals surface area (Å²) in [6.07, 6.45) is 4.92. The van der Waals surface area contributed by atoms with E-state index in [2.05, 4.69) is 35.9 Å². The summed E-state index contributed by atoms with van der Waals surface area (Å²) >= 11 is 0. The SMILES string of the molecule is CCCCCOc1ccc(C#Cc2ccc(N=Nc3ccc(OCCCC)cc3)cc2)c(F)c1F. The van der Waals surface area contributed by atoms with E-state index in [0.717, 1.165) is 37.9 Å². The van der Waals surface area contributed by atoms with Gasteiger partial charge in [-0.05, 0) is 73.5 Å². The van der Waals surface area contributed by atoms with Crippen molar-refractivity contribution in [1.29, 1.82) is 0 Å². The predicted molar refractivity (Wildman–Crippen MR) is 135 cm³/mol. The molecule has 0 heterocycles. The number of rotatable bonds is 11. The molecule has 0 saturated heterocycles. The molecule has 0 N–H and O–H groups in total. The zero-order chi connectivity index (χ0) is 24.9. The number of benzene rings is 3. The van der Waals surface area contributed by atoms with Crippen molar-refractivity contribution >= 4 is 11.4 Å². The molecule has 0 saturated carbocycles. The van der Waals surface area contributed by atoms with Crippen molar-refractivity contribution in [3.05, 3.63) is 83.4 Å². The second-order valence-corrected chi connectivity index (χ2v) is 7.99. The van der Waals surface area contributed by atoms with Gasteiger partial charge < -0.3 is 9.47 Å². The molecule has 0 spiro atoms. The second kappa shape index (κ2) is 13.9. The first-order valence-electron chi connectivity index (χ1n) is 12.0. The fraction of sp³-hybridized carbons (Fsp3) is 0.310. The first-order valence-corrected chi connectivity index (χ1v) is 12.0. The highest BCUT2D eigenvalue weighted by Gasteiger charge is 2.13. The summed E-state index contributed by atoms with van der Waals surface area (Å²) < 4.78 is 39.6. The van der Waals surface area contributed by atoms with Gasteiger partial charge in [0.2, 0.25) is 5.82 Å². The highest BCUT2D eigenvalue weighted by atomic mass is 19.2. The van der Waals surface area contributed by atoms with E-state index in [9.17, 15) is 8.78 Å². The molecule has 6 heteroatoms. The van der Waals surface area contributed by atoms with E-state index >= 15 is 0 Å². The minimum absolute atomic E-state index is 0.0192. The van der Waals surface area contributed by atoms with E-state index in [-0.39, 0.29) is 11.3 Å². The summed E-state index contributed by atoms with van der Waals surface area (Å²) in [5.41, 5.74) is 2.00. The Morgan fingerprint density at radius 2 is 1.29 bits per heavy atom. The Morgan fingerprint density at radius 3 is 1.94 bits per heavy atom. The molecule has 0 amide bonds.